The van der Waals surface area contributed by atoms with Crippen LogP contribution in [0.25, 0.3) is 0 Å². The maximum Gasteiger partial charge on any atom is 0.435 e. The minimum absolute atomic E-state index is 0.110. The van der Waals surface area contributed by atoms with Crippen LogP contribution >= 0.6 is 11.3 Å². The summed E-state index contributed by atoms with van der Waals surface area (Å²) >= 11 is 1.47. The monoisotopic (exact) mass is 612 g/mol. The van der Waals surface area contributed by atoms with Crippen molar-refractivity contribution in [3.05, 3.63) is 63.1 Å². The first-order valence-corrected chi connectivity index (χ1v) is 16.0. The van der Waals surface area contributed by atoms with Crippen LogP contribution in [0.15, 0.2) is 39.2 Å². The van der Waals surface area contributed by atoms with Crippen LogP contribution in [0, 0.1) is 12.7 Å². The second-order valence-electron chi connectivity index (χ2n) is 10.3. The molecular weight excluding hydrogens is 584 g/mol. The molecule has 0 saturated carbocycles. The molecule has 0 N–H and O–H groups in total. The molecule has 0 radical (unpaired) electrons. The third-order valence-corrected chi connectivity index (χ3v) is 8.55. The Bertz CT molecular complexity index is 1610. The minimum Gasteiger partial charge on any atom is -0.387 e. The number of alkyl halides is 3. The maximum absolute atomic E-state index is 14.8. The molecule has 15 heteroatoms. The van der Waals surface area contributed by atoms with E-state index in [1.807, 2.05) is 5.38 Å². The zero-order valence-corrected chi connectivity index (χ0v) is 24.2. The molecule has 3 aromatic rings. The highest BCUT2D eigenvalue weighted by molar-refractivity contribution is 7.92. The van der Waals surface area contributed by atoms with Gasteiger partial charge in [0.1, 0.15) is 18.1 Å². The topological polar surface area (TPSA) is 102 Å². The van der Waals surface area contributed by atoms with E-state index >= 15 is 0 Å². The van der Waals surface area contributed by atoms with Gasteiger partial charge >= 0.3 is 6.18 Å². The average molecular weight is 613 g/mol. The molecule has 0 spiro atoms. The highest BCUT2D eigenvalue weighted by Crippen LogP contribution is 2.38. The molecule has 0 bridgehead atoms. The van der Waals surface area contributed by atoms with Gasteiger partial charge in [-0.15, -0.1) is 11.3 Å². The van der Waals surface area contributed by atoms with Gasteiger partial charge < -0.3 is 9.74 Å². The number of likely N-dealkylation sites (tertiary alicyclic amines) is 1. The number of thiazole rings is 1. The molecule has 2 aliphatic rings. The normalized spacial score (nSPS) is 18.4. The highest BCUT2D eigenvalue weighted by Gasteiger charge is 2.35. The number of halogens is 4. The van der Waals surface area contributed by atoms with Gasteiger partial charge in [0.2, 0.25) is 5.91 Å². The van der Waals surface area contributed by atoms with Gasteiger partial charge in [-0.05, 0) is 38.0 Å². The molecular formula is C26H28F4N6O3S2. The van der Waals surface area contributed by atoms with Crippen molar-refractivity contribution in [2.75, 3.05) is 25.6 Å². The summed E-state index contributed by atoms with van der Waals surface area (Å²) in [5, 5.41) is 10.4. The van der Waals surface area contributed by atoms with Crippen molar-refractivity contribution in [3.63, 3.8) is 0 Å². The fourth-order valence-electron chi connectivity index (χ4n) is 4.86. The van der Waals surface area contributed by atoms with Crippen molar-refractivity contribution in [1.29, 1.82) is 0 Å². The lowest BCUT2D eigenvalue weighted by Gasteiger charge is -2.31. The van der Waals surface area contributed by atoms with E-state index in [-0.39, 0.29) is 41.7 Å². The van der Waals surface area contributed by atoms with Gasteiger partial charge in [-0.3, -0.25) is 9.48 Å². The fourth-order valence-corrected chi connectivity index (χ4v) is 6.50. The van der Waals surface area contributed by atoms with E-state index in [0.29, 0.717) is 37.3 Å². The smallest absolute Gasteiger partial charge is 0.387 e. The number of benzene rings is 1. The van der Waals surface area contributed by atoms with Crippen molar-refractivity contribution >= 4 is 38.4 Å². The van der Waals surface area contributed by atoms with Gasteiger partial charge in [0, 0.05) is 58.7 Å². The van der Waals surface area contributed by atoms with Crippen LogP contribution in [0.3, 0.4) is 0 Å². The standard InChI is InChI=1S/C26H28F4N6O3S2/c1-15-11-22(26(28,29)30)32-36(15)13-23(37)35-9-7-16(8-10-35)25-31-20(14-40-25)19-12-21(39-33-19)24-17(27)5-4-6-18(24)34-41(2,3)38/h4-6,11,14,16,21H,7-10,12-13H2,1-3H3. The van der Waals surface area contributed by atoms with Gasteiger partial charge in [0.15, 0.2) is 11.8 Å². The number of oxime groups is 1. The summed E-state index contributed by atoms with van der Waals surface area (Å²) in [5.41, 5.74) is 0.931. The predicted octanol–water partition coefficient (Wildman–Crippen LogP) is 5.44. The Morgan fingerprint density at radius 1 is 1.24 bits per heavy atom. The molecule has 1 amide bonds. The Labute approximate surface area is 238 Å². The van der Waals surface area contributed by atoms with E-state index in [9.17, 15) is 26.6 Å². The van der Waals surface area contributed by atoms with Crippen molar-refractivity contribution in [2.24, 2.45) is 9.52 Å². The van der Waals surface area contributed by atoms with Crippen LogP contribution in [0.5, 0.6) is 0 Å². The highest BCUT2D eigenvalue weighted by atomic mass is 32.2. The molecule has 220 valence electrons. The van der Waals surface area contributed by atoms with Crippen LogP contribution in [0.4, 0.5) is 23.2 Å². The Kier molecular flexibility index (Phi) is 7.94. The molecule has 1 atom stereocenters. The molecule has 1 aromatic carbocycles. The predicted molar refractivity (Wildman–Crippen MR) is 146 cm³/mol. The summed E-state index contributed by atoms with van der Waals surface area (Å²) in [5.74, 6) is -0.688. The first-order valence-electron chi connectivity index (χ1n) is 12.8. The zero-order chi connectivity index (χ0) is 29.5. The maximum atomic E-state index is 14.8. The van der Waals surface area contributed by atoms with Crippen LogP contribution in [-0.2, 0) is 32.1 Å². The number of nitrogens with zero attached hydrogens (tertiary/aromatic N) is 6. The molecule has 2 aromatic heterocycles. The summed E-state index contributed by atoms with van der Waals surface area (Å²) in [6, 6.07) is 5.34. The van der Waals surface area contributed by atoms with Crippen molar-refractivity contribution in [2.45, 2.75) is 50.9 Å². The number of carbonyl (C=O) groups is 1. The van der Waals surface area contributed by atoms with Gasteiger partial charge in [0.05, 0.1) is 22.0 Å². The summed E-state index contributed by atoms with van der Waals surface area (Å²) in [7, 11) is -2.52. The van der Waals surface area contributed by atoms with Gasteiger partial charge in [-0.25, -0.2) is 13.6 Å². The first kappa shape index (κ1) is 29.2. The number of amides is 1. The summed E-state index contributed by atoms with van der Waals surface area (Å²) in [6.45, 7) is 2.14. The summed E-state index contributed by atoms with van der Waals surface area (Å²) < 4.78 is 71.1. The zero-order valence-electron chi connectivity index (χ0n) is 22.5. The van der Waals surface area contributed by atoms with Crippen molar-refractivity contribution in [3.8, 4) is 0 Å². The third-order valence-electron chi connectivity index (χ3n) is 6.91. The summed E-state index contributed by atoms with van der Waals surface area (Å²) in [4.78, 5) is 24.7. The van der Waals surface area contributed by atoms with E-state index in [2.05, 4.69) is 14.6 Å². The summed E-state index contributed by atoms with van der Waals surface area (Å²) in [6.07, 6.45) is -0.748. The number of piperidine rings is 1. The van der Waals surface area contributed by atoms with Gasteiger partial charge in [-0.2, -0.15) is 22.6 Å². The Hall–Kier alpha value is -3.33. The largest absolute Gasteiger partial charge is 0.435 e. The minimum atomic E-state index is -4.56. The van der Waals surface area contributed by atoms with Crippen LogP contribution in [0.2, 0.25) is 0 Å². The number of hydrogen-bond donors (Lipinski definition) is 0. The van der Waals surface area contributed by atoms with Crippen molar-refractivity contribution in [1.82, 2.24) is 19.7 Å². The number of hydrogen-bond acceptors (Lipinski definition) is 8. The Morgan fingerprint density at radius 3 is 2.63 bits per heavy atom. The van der Waals surface area contributed by atoms with E-state index in [1.165, 1.54) is 42.9 Å². The third kappa shape index (κ3) is 6.61. The number of carbonyl (C=O) groups excluding carboxylic acids is 1. The van der Waals surface area contributed by atoms with E-state index in [0.717, 1.165) is 15.8 Å². The van der Waals surface area contributed by atoms with E-state index < -0.39 is 33.5 Å². The molecule has 2 aliphatic heterocycles. The Balaban J connectivity index is 1.19. The van der Waals surface area contributed by atoms with E-state index in [1.54, 1.807) is 11.0 Å². The molecule has 5 rings (SSSR count). The van der Waals surface area contributed by atoms with Crippen molar-refractivity contribution < 1.29 is 31.4 Å². The van der Waals surface area contributed by atoms with Gasteiger partial charge in [0.25, 0.3) is 0 Å². The molecule has 1 saturated heterocycles. The quantitative estimate of drug-likeness (QED) is 0.345. The SMILES string of the molecule is Cc1cc(C(F)(F)F)nn1CC(=O)N1CCC(c2nc(C3=NOC(c4c(F)cccc4N=S(C)(C)=O)C3)cs2)CC1. The van der Waals surface area contributed by atoms with Gasteiger partial charge in [-0.1, -0.05) is 11.2 Å². The number of aryl methyl sites for hydroxylation is 1. The Morgan fingerprint density at radius 2 is 1.98 bits per heavy atom. The van der Waals surface area contributed by atoms with Crippen LogP contribution in [-0.4, -0.2) is 61.1 Å². The molecule has 4 heterocycles. The lowest BCUT2D eigenvalue weighted by Crippen LogP contribution is -2.40. The molecule has 1 fully saturated rings. The van der Waals surface area contributed by atoms with E-state index in [4.69, 9.17) is 9.82 Å². The molecule has 9 nitrogen and oxygen atoms in total. The lowest BCUT2D eigenvalue weighted by atomic mass is 9.97. The van der Waals surface area contributed by atoms with Crippen LogP contribution in [0.1, 0.15) is 58.9 Å². The second-order valence-corrected chi connectivity index (χ2v) is 13.8. The number of rotatable bonds is 6. The molecule has 0 aliphatic carbocycles. The molecule has 1 unspecified atom stereocenters. The lowest BCUT2D eigenvalue weighted by molar-refractivity contribution is -0.142. The number of aromatic nitrogens is 3. The van der Waals surface area contributed by atoms with Crippen LogP contribution < -0.4 is 0 Å². The average Bonchev–Trinajstić information content (AvgIpc) is 3.63. The second kappa shape index (κ2) is 11.2. The molecule has 41 heavy (non-hydrogen) atoms. The first-order chi connectivity index (χ1) is 19.3. The fraction of sp³-hybridized carbons (Fsp3) is 0.462.